The van der Waals surface area contributed by atoms with Crippen LogP contribution < -0.4 is 5.73 Å². The van der Waals surface area contributed by atoms with Crippen LogP contribution in [0, 0.1) is 5.92 Å². The van der Waals surface area contributed by atoms with Gasteiger partial charge in [0.05, 0.1) is 18.8 Å². The summed E-state index contributed by atoms with van der Waals surface area (Å²) in [6, 6.07) is 8.54. The fourth-order valence-electron chi connectivity index (χ4n) is 2.22. The number of ether oxygens (including phenoxy) is 1. The van der Waals surface area contributed by atoms with Gasteiger partial charge in [-0.15, -0.1) is 0 Å². The second kappa shape index (κ2) is 7.66. The fraction of sp³-hybridized carbons (Fsp3) is 0.647. The third-order valence-corrected chi connectivity index (χ3v) is 3.39. The van der Waals surface area contributed by atoms with Crippen molar-refractivity contribution in [1.82, 2.24) is 0 Å². The predicted octanol–water partition coefficient (Wildman–Crippen LogP) is 4.26. The molecular formula is C17H29NO. The molecular weight excluding hydrogens is 234 g/mol. The van der Waals surface area contributed by atoms with Crippen LogP contribution in [0.4, 0.5) is 0 Å². The lowest BCUT2D eigenvalue weighted by atomic mass is 9.99. The normalized spacial score (nSPS) is 14.9. The summed E-state index contributed by atoms with van der Waals surface area (Å²) in [4.78, 5) is 0. The number of hydrogen-bond donors (Lipinski definition) is 1. The summed E-state index contributed by atoms with van der Waals surface area (Å²) in [5.41, 5.74) is 8.68. The van der Waals surface area contributed by atoms with E-state index in [9.17, 15) is 0 Å². The standard InChI is InChI=1S/C17H29NO/c1-12(2)10-14(5)19-11-17(18)16-8-6-15(7-9-16)13(3)4/h6-9,12-14,17H,10-11,18H2,1-5H3. The SMILES string of the molecule is CC(C)CC(C)OCC(N)c1ccc(C(C)C)cc1. The molecule has 0 amide bonds. The molecule has 2 nitrogen and oxygen atoms in total. The predicted molar refractivity (Wildman–Crippen MR) is 82.3 cm³/mol. The monoisotopic (exact) mass is 263 g/mol. The molecule has 2 N–H and O–H groups in total. The van der Waals surface area contributed by atoms with E-state index >= 15 is 0 Å². The van der Waals surface area contributed by atoms with Gasteiger partial charge in [-0.2, -0.15) is 0 Å². The van der Waals surface area contributed by atoms with Gasteiger partial charge in [-0.05, 0) is 36.3 Å². The first kappa shape index (κ1) is 16.2. The highest BCUT2D eigenvalue weighted by atomic mass is 16.5. The summed E-state index contributed by atoms with van der Waals surface area (Å²) in [6.07, 6.45) is 1.36. The Morgan fingerprint density at radius 2 is 1.47 bits per heavy atom. The highest BCUT2D eigenvalue weighted by Crippen LogP contribution is 2.18. The quantitative estimate of drug-likeness (QED) is 0.797. The highest BCUT2D eigenvalue weighted by Gasteiger charge is 2.10. The van der Waals surface area contributed by atoms with Crippen LogP contribution in [0.5, 0.6) is 0 Å². The Labute approximate surface area is 118 Å². The van der Waals surface area contributed by atoms with Crippen molar-refractivity contribution in [2.45, 2.75) is 59.1 Å². The molecule has 2 unspecified atom stereocenters. The van der Waals surface area contributed by atoms with Crippen LogP contribution in [0.2, 0.25) is 0 Å². The molecule has 0 saturated heterocycles. The van der Waals surface area contributed by atoms with Gasteiger partial charge in [0.2, 0.25) is 0 Å². The molecule has 0 radical (unpaired) electrons. The molecule has 19 heavy (non-hydrogen) atoms. The molecule has 0 heterocycles. The number of rotatable bonds is 7. The van der Waals surface area contributed by atoms with E-state index in [1.165, 1.54) is 5.56 Å². The molecule has 108 valence electrons. The van der Waals surface area contributed by atoms with Crippen LogP contribution in [0.25, 0.3) is 0 Å². The first-order chi connectivity index (χ1) is 8.90. The lowest BCUT2D eigenvalue weighted by molar-refractivity contribution is 0.0430. The molecule has 0 aliphatic heterocycles. The summed E-state index contributed by atoms with van der Waals surface area (Å²) in [6.45, 7) is 11.5. The van der Waals surface area contributed by atoms with Crippen molar-refractivity contribution in [1.29, 1.82) is 0 Å². The summed E-state index contributed by atoms with van der Waals surface area (Å²) < 4.78 is 5.82. The Kier molecular flexibility index (Phi) is 6.53. The fourth-order valence-corrected chi connectivity index (χ4v) is 2.22. The zero-order valence-corrected chi connectivity index (χ0v) is 13.0. The first-order valence-electron chi connectivity index (χ1n) is 7.37. The second-order valence-electron chi connectivity index (χ2n) is 6.20. The number of benzene rings is 1. The van der Waals surface area contributed by atoms with Crippen molar-refractivity contribution >= 4 is 0 Å². The molecule has 0 aliphatic carbocycles. The highest BCUT2D eigenvalue weighted by molar-refractivity contribution is 5.26. The van der Waals surface area contributed by atoms with Gasteiger partial charge in [0.15, 0.2) is 0 Å². The summed E-state index contributed by atoms with van der Waals surface area (Å²) in [5.74, 6) is 1.23. The molecule has 1 aromatic carbocycles. The lowest BCUT2D eigenvalue weighted by Gasteiger charge is -2.19. The number of hydrogen-bond acceptors (Lipinski definition) is 2. The van der Waals surface area contributed by atoms with Gasteiger partial charge in [-0.3, -0.25) is 0 Å². The van der Waals surface area contributed by atoms with Gasteiger partial charge in [0.25, 0.3) is 0 Å². The molecule has 0 aromatic heterocycles. The van der Waals surface area contributed by atoms with Crippen molar-refractivity contribution in [3.05, 3.63) is 35.4 Å². The van der Waals surface area contributed by atoms with E-state index in [1.807, 2.05) is 0 Å². The third-order valence-electron chi connectivity index (χ3n) is 3.39. The Balaban J connectivity index is 2.47. The molecule has 1 rings (SSSR count). The summed E-state index contributed by atoms with van der Waals surface area (Å²) in [7, 11) is 0. The van der Waals surface area contributed by atoms with Crippen LogP contribution in [-0.4, -0.2) is 12.7 Å². The van der Waals surface area contributed by atoms with Gasteiger partial charge in [-0.25, -0.2) is 0 Å². The largest absolute Gasteiger partial charge is 0.377 e. The maximum atomic E-state index is 6.18. The molecule has 0 spiro atoms. The lowest BCUT2D eigenvalue weighted by Crippen LogP contribution is -2.21. The summed E-state index contributed by atoms with van der Waals surface area (Å²) in [5, 5.41) is 0. The van der Waals surface area contributed by atoms with Gasteiger partial charge in [-0.1, -0.05) is 52.0 Å². The third kappa shape index (κ3) is 5.75. The first-order valence-corrected chi connectivity index (χ1v) is 7.37. The Morgan fingerprint density at radius 1 is 0.947 bits per heavy atom. The zero-order valence-electron chi connectivity index (χ0n) is 13.0. The van der Waals surface area contributed by atoms with E-state index in [2.05, 4.69) is 58.9 Å². The van der Waals surface area contributed by atoms with Crippen molar-refractivity contribution < 1.29 is 4.74 Å². The maximum absolute atomic E-state index is 6.18. The van der Waals surface area contributed by atoms with Crippen LogP contribution in [-0.2, 0) is 4.74 Å². The smallest absolute Gasteiger partial charge is 0.0662 e. The molecule has 2 atom stereocenters. The maximum Gasteiger partial charge on any atom is 0.0662 e. The van der Waals surface area contributed by atoms with E-state index in [0.717, 1.165) is 12.0 Å². The molecule has 0 bridgehead atoms. The Bertz CT molecular complexity index is 356. The van der Waals surface area contributed by atoms with Crippen LogP contribution in [0.1, 0.15) is 64.1 Å². The van der Waals surface area contributed by atoms with Gasteiger partial charge < -0.3 is 10.5 Å². The van der Waals surface area contributed by atoms with Crippen LogP contribution in [0.3, 0.4) is 0 Å². The minimum atomic E-state index is -0.0316. The molecule has 1 aromatic rings. The number of nitrogens with two attached hydrogens (primary N) is 1. The molecule has 0 fully saturated rings. The van der Waals surface area contributed by atoms with E-state index < -0.39 is 0 Å². The Morgan fingerprint density at radius 3 is 1.95 bits per heavy atom. The van der Waals surface area contributed by atoms with Crippen molar-refractivity contribution in [2.75, 3.05) is 6.61 Å². The molecule has 0 saturated carbocycles. The van der Waals surface area contributed by atoms with E-state index in [1.54, 1.807) is 0 Å². The van der Waals surface area contributed by atoms with E-state index in [4.69, 9.17) is 10.5 Å². The zero-order chi connectivity index (χ0) is 14.4. The van der Waals surface area contributed by atoms with E-state index in [-0.39, 0.29) is 12.1 Å². The van der Waals surface area contributed by atoms with Crippen molar-refractivity contribution in [3.63, 3.8) is 0 Å². The van der Waals surface area contributed by atoms with E-state index in [0.29, 0.717) is 18.4 Å². The van der Waals surface area contributed by atoms with Gasteiger partial charge in [0, 0.05) is 0 Å². The van der Waals surface area contributed by atoms with Crippen LogP contribution >= 0.6 is 0 Å². The average molecular weight is 263 g/mol. The van der Waals surface area contributed by atoms with Crippen molar-refractivity contribution in [2.24, 2.45) is 11.7 Å². The average Bonchev–Trinajstić information content (AvgIpc) is 2.35. The van der Waals surface area contributed by atoms with Gasteiger partial charge >= 0.3 is 0 Å². The Hall–Kier alpha value is -0.860. The second-order valence-corrected chi connectivity index (χ2v) is 6.20. The van der Waals surface area contributed by atoms with Crippen molar-refractivity contribution in [3.8, 4) is 0 Å². The molecule has 2 heteroatoms. The molecule has 0 aliphatic rings. The topological polar surface area (TPSA) is 35.2 Å². The van der Waals surface area contributed by atoms with Crippen LogP contribution in [0.15, 0.2) is 24.3 Å². The summed E-state index contributed by atoms with van der Waals surface area (Å²) >= 11 is 0. The van der Waals surface area contributed by atoms with Gasteiger partial charge in [0.1, 0.15) is 0 Å². The minimum absolute atomic E-state index is 0.0316. The minimum Gasteiger partial charge on any atom is -0.377 e.